The van der Waals surface area contributed by atoms with Gasteiger partial charge in [0.15, 0.2) is 0 Å². The summed E-state index contributed by atoms with van der Waals surface area (Å²) in [5.41, 5.74) is 0.0949. The smallest absolute Gasteiger partial charge is 0.414 e. The maximum atomic E-state index is 13.6. The number of carbonyl (C=O) groups excluding carboxylic acids is 2. The number of carboxylic acids is 1. The third kappa shape index (κ3) is 5.99. The fourth-order valence-corrected chi connectivity index (χ4v) is 6.58. The summed E-state index contributed by atoms with van der Waals surface area (Å²) in [4.78, 5) is 38.7. The molecular weight excluding hydrogens is 510 g/mol. The van der Waals surface area contributed by atoms with Crippen LogP contribution in [0.3, 0.4) is 0 Å². The van der Waals surface area contributed by atoms with Crippen LogP contribution in [-0.2, 0) is 26.0 Å². The predicted molar refractivity (Wildman–Crippen MR) is 132 cm³/mol. The fourth-order valence-electron chi connectivity index (χ4n) is 3.51. The van der Waals surface area contributed by atoms with Crippen LogP contribution in [0.2, 0.25) is 0 Å². The zero-order chi connectivity index (χ0) is 26.8. The van der Waals surface area contributed by atoms with E-state index in [0.29, 0.717) is 15.6 Å². The van der Waals surface area contributed by atoms with Crippen molar-refractivity contribution in [1.82, 2.24) is 24.7 Å². The minimum atomic E-state index is -4.58. The monoisotopic (exact) mass is 539 g/mol. The number of nitrogens with one attached hydrogen (secondary N) is 2. The number of sulfonamides is 1. The maximum Gasteiger partial charge on any atom is 0.414 e. The lowest BCUT2D eigenvalue weighted by atomic mass is 10.1. The highest BCUT2D eigenvalue weighted by atomic mass is 32.2. The van der Waals surface area contributed by atoms with E-state index >= 15 is 0 Å². The Bertz CT molecular complexity index is 1240. The van der Waals surface area contributed by atoms with Crippen molar-refractivity contribution in [1.29, 1.82) is 0 Å². The summed E-state index contributed by atoms with van der Waals surface area (Å²) in [5.74, 6) is -1.60. The van der Waals surface area contributed by atoms with E-state index < -0.39 is 44.9 Å². The minimum absolute atomic E-state index is 0.108. The SMILES string of the molecule is Cc1n[nH]cc1S(=O)(=O)N(C(=O)[C@H]1NC(C)(C)CS1)[C@@H](Cc1ccc(OC(=O)N(C)C)cc1)C(=O)O. The molecule has 14 heteroatoms. The number of amides is 2. The molecule has 3 N–H and O–H groups in total. The van der Waals surface area contributed by atoms with Crippen LogP contribution in [0, 0.1) is 6.92 Å². The van der Waals surface area contributed by atoms with E-state index in [1.807, 2.05) is 13.8 Å². The van der Waals surface area contributed by atoms with Gasteiger partial charge in [0.05, 0.1) is 5.69 Å². The molecular formula is C22H29N5O7S2. The first-order valence-corrected chi connectivity index (χ1v) is 13.4. The van der Waals surface area contributed by atoms with Crippen LogP contribution in [0.5, 0.6) is 5.75 Å². The summed E-state index contributed by atoms with van der Waals surface area (Å²) in [6, 6.07) is 4.22. The Morgan fingerprint density at radius 2 is 1.89 bits per heavy atom. The maximum absolute atomic E-state index is 13.6. The molecule has 36 heavy (non-hydrogen) atoms. The molecule has 0 unspecified atom stereocenters. The number of carboxylic acid groups (broad SMARTS) is 1. The fraction of sp³-hybridized carbons (Fsp3) is 0.455. The molecule has 0 radical (unpaired) electrons. The average molecular weight is 540 g/mol. The second-order valence-electron chi connectivity index (χ2n) is 9.16. The van der Waals surface area contributed by atoms with Gasteiger partial charge in [0.25, 0.3) is 15.9 Å². The van der Waals surface area contributed by atoms with Crippen molar-refractivity contribution in [3.05, 3.63) is 41.7 Å². The quantitative estimate of drug-likeness (QED) is 0.447. The van der Waals surface area contributed by atoms with Crippen molar-refractivity contribution in [2.75, 3.05) is 19.8 Å². The number of aromatic amines is 1. The molecule has 196 valence electrons. The molecule has 3 rings (SSSR count). The second kappa shape index (κ2) is 10.5. The van der Waals surface area contributed by atoms with Gasteiger partial charge in [-0.05, 0) is 38.5 Å². The van der Waals surface area contributed by atoms with E-state index in [1.54, 1.807) is 0 Å². The van der Waals surface area contributed by atoms with Crippen LogP contribution in [0.25, 0.3) is 0 Å². The summed E-state index contributed by atoms with van der Waals surface area (Å²) >= 11 is 1.21. The number of hydrogen-bond donors (Lipinski definition) is 3. The highest BCUT2D eigenvalue weighted by Crippen LogP contribution is 2.31. The number of H-pyrrole nitrogens is 1. The van der Waals surface area contributed by atoms with Gasteiger partial charge < -0.3 is 14.7 Å². The lowest BCUT2D eigenvalue weighted by molar-refractivity contribution is -0.146. The summed E-state index contributed by atoms with van der Waals surface area (Å²) in [7, 11) is -1.52. The number of ether oxygens (including phenoxy) is 1. The molecule has 2 aromatic rings. The predicted octanol–water partition coefficient (Wildman–Crippen LogP) is 1.43. The van der Waals surface area contributed by atoms with Crippen molar-refractivity contribution in [3.8, 4) is 5.75 Å². The molecule has 0 bridgehead atoms. The Hall–Kier alpha value is -3.10. The lowest BCUT2D eigenvalue weighted by Gasteiger charge is -2.30. The topological polar surface area (TPSA) is 162 Å². The van der Waals surface area contributed by atoms with Gasteiger partial charge >= 0.3 is 12.1 Å². The van der Waals surface area contributed by atoms with Crippen molar-refractivity contribution < 1.29 is 32.6 Å². The van der Waals surface area contributed by atoms with Gasteiger partial charge in [0.1, 0.15) is 22.1 Å². The molecule has 1 fully saturated rings. The van der Waals surface area contributed by atoms with Gasteiger partial charge in [0.2, 0.25) is 0 Å². The highest BCUT2D eigenvalue weighted by molar-refractivity contribution is 8.01. The van der Waals surface area contributed by atoms with E-state index in [-0.39, 0.29) is 22.8 Å². The lowest BCUT2D eigenvalue weighted by Crippen LogP contribution is -2.55. The number of rotatable bonds is 8. The van der Waals surface area contributed by atoms with Crippen LogP contribution >= 0.6 is 11.8 Å². The summed E-state index contributed by atoms with van der Waals surface area (Å²) in [5, 5.41) is 18.5. The summed E-state index contributed by atoms with van der Waals surface area (Å²) in [6.45, 7) is 5.18. The van der Waals surface area contributed by atoms with Crippen LogP contribution < -0.4 is 10.1 Å². The number of aromatic nitrogens is 2. The molecule has 2 heterocycles. The molecule has 1 aliphatic rings. The first-order chi connectivity index (χ1) is 16.7. The van der Waals surface area contributed by atoms with E-state index in [2.05, 4.69) is 15.5 Å². The van der Waals surface area contributed by atoms with Crippen LogP contribution in [0.4, 0.5) is 4.79 Å². The van der Waals surface area contributed by atoms with Gasteiger partial charge in [-0.15, -0.1) is 11.8 Å². The number of aryl methyl sites for hydroxylation is 1. The van der Waals surface area contributed by atoms with Gasteiger partial charge in [-0.2, -0.15) is 5.10 Å². The number of hydrogen-bond acceptors (Lipinski definition) is 9. The zero-order valence-corrected chi connectivity index (χ0v) is 22.1. The Labute approximate surface area is 213 Å². The number of thioether (sulfide) groups is 1. The number of benzene rings is 1. The molecule has 1 aromatic carbocycles. The van der Waals surface area contributed by atoms with E-state index in [9.17, 15) is 27.9 Å². The first kappa shape index (κ1) is 27.5. The van der Waals surface area contributed by atoms with Gasteiger partial charge in [-0.1, -0.05) is 12.1 Å². The highest BCUT2D eigenvalue weighted by Gasteiger charge is 2.46. The van der Waals surface area contributed by atoms with Crippen LogP contribution in [0.15, 0.2) is 35.4 Å². The molecule has 12 nitrogen and oxygen atoms in total. The summed E-state index contributed by atoms with van der Waals surface area (Å²) < 4.78 is 32.9. The molecule has 1 aliphatic heterocycles. The number of carbonyl (C=O) groups is 3. The van der Waals surface area contributed by atoms with Crippen molar-refractivity contribution in [3.63, 3.8) is 0 Å². The van der Waals surface area contributed by atoms with Crippen molar-refractivity contribution >= 4 is 39.8 Å². The normalized spacial score (nSPS) is 17.9. The summed E-state index contributed by atoms with van der Waals surface area (Å²) in [6.07, 6.45) is 0.227. The van der Waals surface area contributed by atoms with Crippen molar-refractivity contribution in [2.24, 2.45) is 0 Å². The van der Waals surface area contributed by atoms with Gasteiger partial charge in [-0.25, -0.2) is 22.3 Å². The third-order valence-corrected chi connectivity index (χ3v) is 8.85. The number of aliphatic carboxylic acids is 1. The largest absolute Gasteiger partial charge is 0.480 e. The first-order valence-electron chi connectivity index (χ1n) is 10.9. The molecule has 1 aromatic heterocycles. The van der Waals surface area contributed by atoms with Crippen molar-refractivity contribution in [2.45, 2.75) is 49.0 Å². The van der Waals surface area contributed by atoms with E-state index in [1.165, 1.54) is 61.9 Å². The van der Waals surface area contributed by atoms with E-state index in [4.69, 9.17) is 4.74 Å². The Morgan fingerprint density at radius 1 is 1.25 bits per heavy atom. The van der Waals surface area contributed by atoms with Crippen LogP contribution in [-0.4, -0.2) is 87.7 Å². The minimum Gasteiger partial charge on any atom is -0.480 e. The standard InChI is InChI=1S/C22H29N5O7S2/c1-13-17(11-23-25-13)36(32,33)27(19(28)18-24-22(2,3)12-35-18)16(20(29)30)10-14-6-8-15(9-7-14)34-21(31)26(4)5/h6-9,11,16,18,24H,10,12H2,1-5H3,(H,23,25)(H,29,30)/t16-,18-/m0/s1. The van der Waals surface area contributed by atoms with Crippen LogP contribution in [0.1, 0.15) is 25.1 Å². The van der Waals surface area contributed by atoms with Gasteiger partial charge in [-0.3, -0.25) is 15.2 Å². The number of nitrogens with zero attached hydrogens (tertiary/aromatic N) is 3. The Balaban J connectivity index is 1.97. The Kier molecular flexibility index (Phi) is 8.00. The third-order valence-electron chi connectivity index (χ3n) is 5.39. The van der Waals surface area contributed by atoms with E-state index in [0.717, 1.165) is 6.20 Å². The molecule has 0 saturated carbocycles. The average Bonchev–Trinajstić information content (AvgIpc) is 3.39. The molecule has 2 atom stereocenters. The Morgan fingerprint density at radius 3 is 2.36 bits per heavy atom. The molecule has 0 spiro atoms. The molecule has 2 amide bonds. The molecule has 0 aliphatic carbocycles. The molecule has 1 saturated heterocycles. The zero-order valence-electron chi connectivity index (χ0n) is 20.5. The second-order valence-corrected chi connectivity index (χ2v) is 12.0. The van der Waals surface area contributed by atoms with Gasteiger partial charge in [0, 0.05) is 38.0 Å².